The van der Waals surface area contributed by atoms with Crippen molar-refractivity contribution in [1.82, 2.24) is 5.32 Å². The zero-order valence-electron chi connectivity index (χ0n) is 11.7. The second kappa shape index (κ2) is 8.91. The SMILES string of the molecule is COCC(N)C(=O)NC(C)Cc1ccccc1C.Cl. The largest absolute Gasteiger partial charge is 0.383 e. The van der Waals surface area contributed by atoms with Gasteiger partial charge in [-0.2, -0.15) is 0 Å². The molecule has 0 saturated heterocycles. The Kier molecular flexibility index (Phi) is 8.39. The van der Waals surface area contributed by atoms with Crippen LogP contribution >= 0.6 is 12.4 Å². The lowest BCUT2D eigenvalue weighted by molar-refractivity contribution is -0.124. The van der Waals surface area contributed by atoms with E-state index >= 15 is 0 Å². The van der Waals surface area contributed by atoms with Crippen LogP contribution in [0.5, 0.6) is 0 Å². The Morgan fingerprint density at radius 2 is 2.05 bits per heavy atom. The quantitative estimate of drug-likeness (QED) is 0.832. The van der Waals surface area contributed by atoms with Crippen LogP contribution in [0, 0.1) is 6.92 Å². The van der Waals surface area contributed by atoms with E-state index in [1.165, 1.54) is 18.2 Å². The molecule has 2 unspecified atom stereocenters. The fraction of sp³-hybridized carbons (Fsp3) is 0.500. The third-order valence-electron chi connectivity index (χ3n) is 2.86. The first-order valence-corrected chi connectivity index (χ1v) is 6.14. The zero-order chi connectivity index (χ0) is 13.5. The summed E-state index contributed by atoms with van der Waals surface area (Å²) in [5.41, 5.74) is 8.14. The molecule has 19 heavy (non-hydrogen) atoms. The number of ether oxygens (including phenoxy) is 1. The van der Waals surface area contributed by atoms with Gasteiger partial charge in [-0.1, -0.05) is 24.3 Å². The number of hydrogen-bond donors (Lipinski definition) is 2. The molecule has 3 N–H and O–H groups in total. The van der Waals surface area contributed by atoms with Crippen molar-refractivity contribution in [2.24, 2.45) is 5.73 Å². The van der Waals surface area contributed by atoms with Gasteiger partial charge in [-0.05, 0) is 31.4 Å². The van der Waals surface area contributed by atoms with Crippen LogP contribution < -0.4 is 11.1 Å². The van der Waals surface area contributed by atoms with Gasteiger partial charge in [-0.25, -0.2) is 0 Å². The van der Waals surface area contributed by atoms with Crippen molar-refractivity contribution in [1.29, 1.82) is 0 Å². The monoisotopic (exact) mass is 286 g/mol. The summed E-state index contributed by atoms with van der Waals surface area (Å²) in [5, 5.41) is 2.90. The summed E-state index contributed by atoms with van der Waals surface area (Å²) in [7, 11) is 1.53. The van der Waals surface area contributed by atoms with Gasteiger partial charge in [0.1, 0.15) is 6.04 Å². The minimum atomic E-state index is -0.602. The molecule has 2 atom stereocenters. The summed E-state index contributed by atoms with van der Waals surface area (Å²) in [5.74, 6) is -0.169. The standard InChI is InChI=1S/C14H22N2O2.ClH/c1-10-6-4-5-7-12(10)8-11(2)16-14(17)13(15)9-18-3;/h4-7,11,13H,8-9,15H2,1-3H3,(H,16,17);1H. The molecule has 0 spiro atoms. The summed E-state index contributed by atoms with van der Waals surface area (Å²) in [6, 6.07) is 7.62. The van der Waals surface area contributed by atoms with Gasteiger partial charge in [0.25, 0.3) is 0 Å². The van der Waals surface area contributed by atoms with Gasteiger partial charge in [0.15, 0.2) is 0 Å². The van der Waals surface area contributed by atoms with Crippen molar-refractivity contribution in [2.75, 3.05) is 13.7 Å². The van der Waals surface area contributed by atoms with E-state index in [4.69, 9.17) is 10.5 Å². The molecule has 0 saturated carbocycles. The fourth-order valence-corrected chi connectivity index (χ4v) is 1.83. The molecule has 0 aliphatic heterocycles. The Hall–Kier alpha value is -1.10. The summed E-state index contributed by atoms with van der Waals surface area (Å²) in [4.78, 5) is 11.7. The third kappa shape index (κ3) is 6.05. The maximum Gasteiger partial charge on any atom is 0.239 e. The third-order valence-corrected chi connectivity index (χ3v) is 2.86. The highest BCUT2D eigenvalue weighted by molar-refractivity contribution is 5.85. The van der Waals surface area contributed by atoms with Crippen LogP contribution in [0.25, 0.3) is 0 Å². The van der Waals surface area contributed by atoms with Crippen molar-refractivity contribution in [2.45, 2.75) is 32.4 Å². The molecule has 0 aliphatic carbocycles. The molecule has 0 aromatic heterocycles. The molecule has 1 amide bonds. The van der Waals surface area contributed by atoms with Crippen LogP contribution in [0.4, 0.5) is 0 Å². The van der Waals surface area contributed by atoms with Gasteiger partial charge < -0.3 is 15.8 Å². The number of carbonyl (C=O) groups excluding carboxylic acids is 1. The van der Waals surface area contributed by atoms with E-state index in [0.29, 0.717) is 0 Å². The molecule has 1 aromatic carbocycles. The molecule has 4 nitrogen and oxygen atoms in total. The van der Waals surface area contributed by atoms with E-state index in [1.807, 2.05) is 19.1 Å². The molecule has 0 radical (unpaired) electrons. The van der Waals surface area contributed by atoms with Crippen LogP contribution in [0.2, 0.25) is 0 Å². The first-order valence-electron chi connectivity index (χ1n) is 6.14. The average Bonchev–Trinajstić information content (AvgIpc) is 2.32. The number of benzene rings is 1. The molecular formula is C14H23ClN2O2. The molecule has 0 heterocycles. The van der Waals surface area contributed by atoms with Gasteiger partial charge >= 0.3 is 0 Å². The number of nitrogens with two attached hydrogens (primary N) is 1. The smallest absolute Gasteiger partial charge is 0.239 e. The van der Waals surface area contributed by atoms with Gasteiger partial charge in [0, 0.05) is 13.2 Å². The van der Waals surface area contributed by atoms with Gasteiger partial charge in [-0.15, -0.1) is 12.4 Å². The number of rotatable bonds is 6. The van der Waals surface area contributed by atoms with E-state index < -0.39 is 6.04 Å². The fourth-order valence-electron chi connectivity index (χ4n) is 1.83. The summed E-state index contributed by atoms with van der Waals surface area (Å²) in [6.45, 7) is 4.29. The molecule has 0 fully saturated rings. The highest BCUT2D eigenvalue weighted by atomic mass is 35.5. The number of amides is 1. The highest BCUT2D eigenvalue weighted by Crippen LogP contribution is 2.09. The first kappa shape index (κ1) is 17.9. The van der Waals surface area contributed by atoms with Crippen LogP contribution in [-0.4, -0.2) is 31.7 Å². The number of hydrogen-bond acceptors (Lipinski definition) is 3. The highest BCUT2D eigenvalue weighted by Gasteiger charge is 2.15. The Bertz CT molecular complexity index is 399. The number of nitrogens with one attached hydrogen (secondary N) is 1. The van der Waals surface area contributed by atoms with Crippen molar-refractivity contribution < 1.29 is 9.53 Å². The molecular weight excluding hydrogens is 264 g/mol. The zero-order valence-corrected chi connectivity index (χ0v) is 12.5. The van der Waals surface area contributed by atoms with Crippen LogP contribution in [0.3, 0.4) is 0 Å². The maximum atomic E-state index is 11.7. The minimum absolute atomic E-state index is 0. The van der Waals surface area contributed by atoms with Crippen molar-refractivity contribution in [3.05, 3.63) is 35.4 Å². The lowest BCUT2D eigenvalue weighted by Gasteiger charge is -2.18. The predicted octanol–water partition coefficient (Wildman–Crippen LogP) is 1.44. The molecule has 1 aromatic rings. The van der Waals surface area contributed by atoms with E-state index in [0.717, 1.165) is 6.42 Å². The molecule has 108 valence electrons. The van der Waals surface area contributed by atoms with Gasteiger partial charge in [0.2, 0.25) is 5.91 Å². The second-order valence-corrected chi connectivity index (χ2v) is 4.60. The molecule has 1 rings (SSSR count). The van der Waals surface area contributed by atoms with Crippen LogP contribution in [-0.2, 0) is 16.0 Å². The number of methoxy groups -OCH3 is 1. The topological polar surface area (TPSA) is 64.3 Å². The van der Waals surface area contributed by atoms with Gasteiger partial charge in [0.05, 0.1) is 6.61 Å². The lowest BCUT2D eigenvalue weighted by Crippen LogP contribution is -2.47. The normalized spacial score (nSPS) is 13.3. The van der Waals surface area contributed by atoms with Crippen LogP contribution in [0.1, 0.15) is 18.1 Å². The summed E-state index contributed by atoms with van der Waals surface area (Å²) >= 11 is 0. The Morgan fingerprint density at radius 1 is 1.42 bits per heavy atom. The number of carbonyl (C=O) groups is 1. The van der Waals surface area contributed by atoms with E-state index in [9.17, 15) is 4.79 Å². The average molecular weight is 287 g/mol. The first-order chi connectivity index (χ1) is 8.54. The minimum Gasteiger partial charge on any atom is -0.383 e. The predicted molar refractivity (Wildman–Crippen MR) is 79.6 cm³/mol. The summed E-state index contributed by atoms with van der Waals surface area (Å²) < 4.78 is 4.86. The van der Waals surface area contributed by atoms with E-state index in [1.54, 1.807) is 0 Å². The van der Waals surface area contributed by atoms with Crippen molar-refractivity contribution in [3.63, 3.8) is 0 Å². The Balaban J connectivity index is 0.00000324. The van der Waals surface area contributed by atoms with Crippen molar-refractivity contribution >= 4 is 18.3 Å². The summed E-state index contributed by atoms with van der Waals surface area (Å²) in [6.07, 6.45) is 0.804. The Morgan fingerprint density at radius 3 is 2.63 bits per heavy atom. The lowest BCUT2D eigenvalue weighted by atomic mass is 10.0. The van der Waals surface area contributed by atoms with E-state index in [-0.39, 0.29) is 31.0 Å². The maximum absolute atomic E-state index is 11.7. The molecule has 5 heteroatoms. The molecule has 0 bridgehead atoms. The van der Waals surface area contributed by atoms with E-state index in [2.05, 4.69) is 24.4 Å². The number of aryl methyl sites for hydroxylation is 1. The second-order valence-electron chi connectivity index (χ2n) is 4.60. The van der Waals surface area contributed by atoms with Gasteiger partial charge in [-0.3, -0.25) is 4.79 Å². The Labute approximate surface area is 121 Å². The van der Waals surface area contributed by atoms with Crippen LogP contribution in [0.15, 0.2) is 24.3 Å². The number of halogens is 1. The van der Waals surface area contributed by atoms with Crippen molar-refractivity contribution in [3.8, 4) is 0 Å². The molecule has 0 aliphatic rings.